The molecule has 0 saturated carbocycles. The first-order valence-electron chi connectivity index (χ1n) is 4.36. The highest BCUT2D eigenvalue weighted by Crippen LogP contribution is 2.08. The van der Waals surface area contributed by atoms with Gasteiger partial charge in [-0.15, -0.1) is 0 Å². The van der Waals surface area contributed by atoms with E-state index in [4.69, 9.17) is 11.1 Å². The van der Waals surface area contributed by atoms with Gasteiger partial charge in [0, 0.05) is 6.54 Å². The average molecular weight is 203 g/mol. The van der Waals surface area contributed by atoms with Crippen molar-refractivity contribution in [2.45, 2.75) is 31.9 Å². The van der Waals surface area contributed by atoms with Gasteiger partial charge in [0.25, 0.3) is 0 Å². The van der Waals surface area contributed by atoms with Crippen LogP contribution in [0.1, 0.15) is 26.7 Å². The van der Waals surface area contributed by atoms with Crippen LogP contribution in [0.15, 0.2) is 0 Å². The number of carbonyl (C=O) groups excluding carboxylic acids is 1. The number of hydrogen-bond acceptors (Lipinski definition) is 3. The van der Waals surface area contributed by atoms with Gasteiger partial charge in [0.2, 0.25) is 5.91 Å². The molecule has 0 aromatic heterocycles. The van der Waals surface area contributed by atoms with E-state index in [0.29, 0.717) is 6.54 Å². The van der Waals surface area contributed by atoms with Crippen LogP contribution in [0.25, 0.3) is 0 Å². The van der Waals surface area contributed by atoms with Crippen LogP contribution >= 0.6 is 11.8 Å². The maximum Gasteiger partial charge on any atom is 0.233 e. The zero-order valence-electron chi connectivity index (χ0n) is 8.09. The Hall–Kier alpha value is -0.710. The van der Waals surface area contributed by atoms with E-state index in [-0.39, 0.29) is 16.3 Å². The van der Waals surface area contributed by atoms with Gasteiger partial charge in [-0.1, -0.05) is 25.1 Å². The third kappa shape index (κ3) is 6.45. The van der Waals surface area contributed by atoms with Crippen molar-refractivity contribution >= 4 is 22.8 Å². The Balaban J connectivity index is 3.63. The molecule has 0 aliphatic rings. The number of nitrogens with two attached hydrogens (primary N) is 1. The molecule has 4 N–H and O–H groups in total. The van der Waals surface area contributed by atoms with Crippen molar-refractivity contribution in [2.24, 2.45) is 5.73 Å². The Kier molecular flexibility index (Phi) is 6.40. The smallest absolute Gasteiger partial charge is 0.233 e. The maximum absolute atomic E-state index is 11.3. The van der Waals surface area contributed by atoms with E-state index in [9.17, 15) is 4.79 Å². The molecule has 1 unspecified atom stereocenters. The second-order valence-corrected chi connectivity index (χ2v) is 4.15. The van der Waals surface area contributed by atoms with E-state index in [1.807, 2.05) is 0 Å². The van der Waals surface area contributed by atoms with Crippen molar-refractivity contribution in [1.29, 1.82) is 5.41 Å². The second-order valence-electron chi connectivity index (χ2n) is 2.77. The number of nitrogens with one attached hydrogen (secondary N) is 2. The number of rotatable bonds is 5. The molecule has 1 amide bonds. The molecular weight excluding hydrogens is 186 g/mol. The van der Waals surface area contributed by atoms with Crippen LogP contribution in [-0.4, -0.2) is 22.9 Å². The summed E-state index contributed by atoms with van der Waals surface area (Å²) in [6.07, 6.45) is 2.05. The summed E-state index contributed by atoms with van der Waals surface area (Å²) < 4.78 is 0. The van der Waals surface area contributed by atoms with Gasteiger partial charge in [0.1, 0.15) is 0 Å². The fourth-order valence-electron chi connectivity index (χ4n) is 0.776. The summed E-state index contributed by atoms with van der Waals surface area (Å²) in [4.78, 5) is 11.3. The van der Waals surface area contributed by atoms with Crippen molar-refractivity contribution < 1.29 is 4.79 Å². The van der Waals surface area contributed by atoms with Gasteiger partial charge in [-0.25, -0.2) is 0 Å². The third-order valence-electron chi connectivity index (χ3n) is 1.50. The summed E-state index contributed by atoms with van der Waals surface area (Å²) in [5.41, 5.74) is 5.15. The van der Waals surface area contributed by atoms with Gasteiger partial charge in [-0.2, -0.15) is 0 Å². The molecule has 76 valence electrons. The van der Waals surface area contributed by atoms with E-state index < -0.39 is 0 Å². The summed E-state index contributed by atoms with van der Waals surface area (Å²) >= 11 is 1.07. The molecule has 4 nitrogen and oxygen atoms in total. The van der Waals surface area contributed by atoms with Crippen LogP contribution in [0.4, 0.5) is 0 Å². The molecule has 5 heteroatoms. The first-order valence-corrected chi connectivity index (χ1v) is 5.24. The summed E-state index contributed by atoms with van der Waals surface area (Å²) in [7, 11) is 0. The second kappa shape index (κ2) is 6.77. The fraction of sp³-hybridized carbons (Fsp3) is 0.750. The molecule has 0 aliphatic carbocycles. The molecule has 0 radical (unpaired) electrons. The lowest BCUT2D eigenvalue weighted by atomic mass is 10.3. The Morgan fingerprint density at radius 1 is 1.69 bits per heavy atom. The van der Waals surface area contributed by atoms with E-state index in [1.54, 1.807) is 6.92 Å². The lowest BCUT2D eigenvalue weighted by molar-refractivity contribution is -0.120. The van der Waals surface area contributed by atoms with Gasteiger partial charge >= 0.3 is 0 Å². The first kappa shape index (κ1) is 12.3. The predicted octanol–water partition coefficient (Wildman–Crippen LogP) is 0.918. The standard InChI is InChI=1S/C8H17N3OS/c1-3-4-5-11-7(12)6(2)13-8(9)10/h6H,3-5H2,1-2H3,(H3,9,10)(H,11,12). The van der Waals surface area contributed by atoms with Gasteiger partial charge < -0.3 is 11.1 Å². The SMILES string of the molecule is CCCCNC(=O)C(C)SC(=N)N. The summed E-state index contributed by atoms with van der Waals surface area (Å²) in [6.45, 7) is 4.52. The monoisotopic (exact) mass is 203 g/mol. The molecule has 1 atom stereocenters. The molecule has 0 bridgehead atoms. The van der Waals surface area contributed by atoms with Crippen LogP contribution in [0.2, 0.25) is 0 Å². The van der Waals surface area contributed by atoms with Gasteiger partial charge in [-0.3, -0.25) is 10.2 Å². The predicted molar refractivity (Wildman–Crippen MR) is 56.9 cm³/mol. The Morgan fingerprint density at radius 2 is 2.31 bits per heavy atom. The lowest BCUT2D eigenvalue weighted by Gasteiger charge is -2.09. The lowest BCUT2D eigenvalue weighted by Crippen LogP contribution is -2.32. The van der Waals surface area contributed by atoms with Crippen LogP contribution in [0, 0.1) is 5.41 Å². The van der Waals surface area contributed by atoms with E-state index in [2.05, 4.69) is 12.2 Å². The molecule has 0 saturated heterocycles. The number of carbonyl (C=O) groups is 1. The summed E-state index contributed by atoms with van der Waals surface area (Å²) in [5, 5.41) is 9.48. The van der Waals surface area contributed by atoms with Gasteiger partial charge in [0.15, 0.2) is 5.17 Å². The first-order chi connectivity index (χ1) is 6.07. The minimum Gasteiger partial charge on any atom is -0.379 e. The van der Waals surface area contributed by atoms with Gasteiger partial charge in [0.05, 0.1) is 5.25 Å². The minimum atomic E-state index is -0.269. The van der Waals surface area contributed by atoms with Crippen LogP contribution in [0.3, 0.4) is 0 Å². The number of unbranched alkanes of at least 4 members (excludes halogenated alkanes) is 1. The quantitative estimate of drug-likeness (QED) is 0.353. The largest absolute Gasteiger partial charge is 0.379 e. The number of thioether (sulfide) groups is 1. The average Bonchev–Trinajstić information content (AvgIpc) is 2.03. The number of hydrogen-bond donors (Lipinski definition) is 3. The van der Waals surface area contributed by atoms with Crippen LogP contribution < -0.4 is 11.1 Å². The maximum atomic E-state index is 11.3. The molecule has 0 fully saturated rings. The Bertz CT molecular complexity index is 184. The van der Waals surface area contributed by atoms with Crippen molar-refractivity contribution in [1.82, 2.24) is 5.32 Å². The van der Waals surface area contributed by atoms with Crippen molar-refractivity contribution in [3.8, 4) is 0 Å². The minimum absolute atomic E-state index is 0.0156. The van der Waals surface area contributed by atoms with Crippen molar-refractivity contribution in [2.75, 3.05) is 6.54 Å². The molecule has 0 aliphatic heterocycles. The molecule has 0 aromatic rings. The molecule has 0 aromatic carbocycles. The zero-order valence-corrected chi connectivity index (χ0v) is 8.91. The van der Waals surface area contributed by atoms with Gasteiger partial charge in [-0.05, 0) is 13.3 Å². The number of amides is 1. The van der Waals surface area contributed by atoms with Crippen molar-refractivity contribution in [3.63, 3.8) is 0 Å². The molecule has 0 heterocycles. The molecule has 0 rings (SSSR count). The normalized spacial score (nSPS) is 12.2. The highest BCUT2D eigenvalue weighted by molar-refractivity contribution is 8.14. The van der Waals surface area contributed by atoms with E-state index in [0.717, 1.165) is 24.6 Å². The zero-order chi connectivity index (χ0) is 10.3. The topological polar surface area (TPSA) is 79.0 Å². The van der Waals surface area contributed by atoms with Crippen LogP contribution in [-0.2, 0) is 4.79 Å². The molecular formula is C8H17N3OS. The highest BCUT2D eigenvalue weighted by atomic mass is 32.2. The van der Waals surface area contributed by atoms with Crippen LogP contribution in [0.5, 0.6) is 0 Å². The molecule has 13 heavy (non-hydrogen) atoms. The van der Waals surface area contributed by atoms with E-state index in [1.165, 1.54) is 0 Å². The number of amidine groups is 1. The van der Waals surface area contributed by atoms with E-state index >= 15 is 0 Å². The molecule has 0 spiro atoms. The third-order valence-corrected chi connectivity index (χ3v) is 2.32. The Labute approximate surface area is 83.2 Å². The van der Waals surface area contributed by atoms with Crippen molar-refractivity contribution in [3.05, 3.63) is 0 Å². The highest BCUT2D eigenvalue weighted by Gasteiger charge is 2.13. The Morgan fingerprint density at radius 3 is 2.77 bits per heavy atom. The summed E-state index contributed by atoms with van der Waals surface area (Å²) in [5.74, 6) is -0.0475. The summed E-state index contributed by atoms with van der Waals surface area (Å²) in [6, 6.07) is 0. The fourth-order valence-corrected chi connectivity index (χ4v) is 1.35.